The van der Waals surface area contributed by atoms with E-state index in [-0.39, 0.29) is 5.41 Å². The normalized spacial score (nSPS) is 24.4. The van der Waals surface area contributed by atoms with Crippen LogP contribution < -0.4 is 0 Å². The topological polar surface area (TPSA) is 0 Å². The van der Waals surface area contributed by atoms with Gasteiger partial charge in [-0.15, -0.1) is 0 Å². The van der Waals surface area contributed by atoms with Gasteiger partial charge in [0.25, 0.3) is 0 Å². The third-order valence-corrected chi connectivity index (χ3v) is 3.02. The Labute approximate surface area is 77.9 Å². The van der Waals surface area contributed by atoms with E-state index in [1.807, 2.05) is 6.08 Å². The summed E-state index contributed by atoms with van der Waals surface area (Å²) in [6.45, 7) is 4.25. The van der Waals surface area contributed by atoms with E-state index in [1.54, 1.807) is 0 Å². The first kappa shape index (κ1) is 7.88. The van der Waals surface area contributed by atoms with Gasteiger partial charge in [-0.1, -0.05) is 55.8 Å². The van der Waals surface area contributed by atoms with E-state index in [1.165, 1.54) is 11.1 Å². The average Bonchev–Trinajstić information content (AvgIpc) is 2.45. The minimum absolute atomic E-state index is 0.00289. The molecule has 0 fully saturated rings. The Morgan fingerprint density at radius 3 is 2.75 bits per heavy atom. The summed E-state index contributed by atoms with van der Waals surface area (Å²) in [4.78, 5) is 0. The number of fused-ring (bicyclic) bond motifs is 1. The fourth-order valence-corrected chi connectivity index (χ4v) is 1.73. The van der Waals surface area contributed by atoms with Gasteiger partial charge in [0.1, 0.15) is 0 Å². The van der Waals surface area contributed by atoms with Gasteiger partial charge in [-0.2, -0.15) is 0 Å². The van der Waals surface area contributed by atoms with Crippen molar-refractivity contribution in [2.75, 3.05) is 0 Å². The molecule has 0 bridgehead atoms. The van der Waals surface area contributed by atoms with Crippen LogP contribution >= 0.6 is 11.6 Å². The number of allylic oxidation sites excluding steroid dienone is 8. The van der Waals surface area contributed by atoms with Crippen molar-refractivity contribution < 1.29 is 0 Å². The summed E-state index contributed by atoms with van der Waals surface area (Å²) >= 11 is 6.25. The summed E-state index contributed by atoms with van der Waals surface area (Å²) in [7, 11) is 0. The van der Waals surface area contributed by atoms with Crippen molar-refractivity contribution in [2.45, 2.75) is 13.8 Å². The van der Waals surface area contributed by atoms with Gasteiger partial charge in [0.15, 0.2) is 0 Å². The standard InChI is InChI=1S/C11H11Cl/c1-11(2)7-6-8-4-3-5-9(8)10(11)12/h3-7H,1-2H3. The molecule has 0 heterocycles. The molecule has 0 nitrogen and oxygen atoms in total. The maximum absolute atomic E-state index is 6.25. The molecule has 0 saturated carbocycles. The zero-order valence-electron chi connectivity index (χ0n) is 7.26. The third kappa shape index (κ3) is 0.987. The zero-order valence-corrected chi connectivity index (χ0v) is 8.02. The average molecular weight is 179 g/mol. The summed E-state index contributed by atoms with van der Waals surface area (Å²) in [5, 5.41) is 0.949. The Bertz CT molecular complexity index is 338. The molecular weight excluding hydrogens is 168 g/mol. The molecule has 0 radical (unpaired) electrons. The van der Waals surface area contributed by atoms with Crippen LogP contribution in [0.15, 0.2) is 46.6 Å². The van der Waals surface area contributed by atoms with Gasteiger partial charge in [-0.3, -0.25) is 0 Å². The molecule has 0 aromatic rings. The lowest BCUT2D eigenvalue weighted by molar-refractivity contribution is 0.602. The molecule has 0 N–H and O–H groups in total. The molecule has 0 aromatic heterocycles. The monoisotopic (exact) mass is 178 g/mol. The fourth-order valence-electron chi connectivity index (χ4n) is 1.50. The van der Waals surface area contributed by atoms with E-state index in [4.69, 9.17) is 11.6 Å². The Hall–Kier alpha value is -0.750. The lowest BCUT2D eigenvalue weighted by Crippen LogP contribution is -2.12. The van der Waals surface area contributed by atoms with Gasteiger partial charge in [-0.25, -0.2) is 0 Å². The lowest BCUT2D eigenvalue weighted by Gasteiger charge is -2.25. The van der Waals surface area contributed by atoms with Crippen molar-refractivity contribution in [3.8, 4) is 0 Å². The second-order valence-corrected chi connectivity index (χ2v) is 4.14. The van der Waals surface area contributed by atoms with E-state index in [9.17, 15) is 0 Å². The largest absolute Gasteiger partial charge is 0.0875 e. The van der Waals surface area contributed by atoms with Crippen LogP contribution in [-0.4, -0.2) is 0 Å². The predicted octanol–water partition coefficient (Wildman–Crippen LogP) is 3.57. The van der Waals surface area contributed by atoms with Crippen molar-refractivity contribution in [3.05, 3.63) is 46.6 Å². The minimum Gasteiger partial charge on any atom is -0.0875 e. The van der Waals surface area contributed by atoms with Crippen molar-refractivity contribution in [3.63, 3.8) is 0 Å². The molecule has 0 spiro atoms. The van der Waals surface area contributed by atoms with Crippen LogP contribution in [0, 0.1) is 5.41 Å². The molecule has 2 rings (SSSR count). The van der Waals surface area contributed by atoms with Gasteiger partial charge < -0.3 is 0 Å². The van der Waals surface area contributed by atoms with E-state index in [2.05, 4.69) is 38.2 Å². The van der Waals surface area contributed by atoms with E-state index in [0.29, 0.717) is 0 Å². The minimum atomic E-state index is 0.00289. The van der Waals surface area contributed by atoms with Crippen molar-refractivity contribution in [2.24, 2.45) is 5.41 Å². The molecule has 0 atom stereocenters. The van der Waals surface area contributed by atoms with Crippen molar-refractivity contribution in [1.82, 2.24) is 0 Å². The van der Waals surface area contributed by atoms with Crippen molar-refractivity contribution in [1.29, 1.82) is 0 Å². The molecule has 0 aromatic carbocycles. The molecule has 0 saturated heterocycles. The highest BCUT2D eigenvalue weighted by Gasteiger charge is 2.26. The maximum atomic E-state index is 6.25. The Kier molecular flexibility index (Phi) is 1.55. The first-order valence-electron chi connectivity index (χ1n) is 4.09. The lowest BCUT2D eigenvalue weighted by atomic mass is 9.84. The maximum Gasteiger partial charge on any atom is 0.0353 e. The summed E-state index contributed by atoms with van der Waals surface area (Å²) in [5.41, 5.74) is 2.42. The van der Waals surface area contributed by atoms with Crippen LogP contribution in [0.2, 0.25) is 0 Å². The smallest absolute Gasteiger partial charge is 0.0353 e. The van der Waals surface area contributed by atoms with Gasteiger partial charge in [0, 0.05) is 10.4 Å². The SMILES string of the molecule is CC1(C)C=CC2=CC=CC2=C1Cl. The highest BCUT2D eigenvalue weighted by molar-refractivity contribution is 6.31. The molecule has 1 heteroatoms. The van der Waals surface area contributed by atoms with Crippen molar-refractivity contribution >= 4 is 11.6 Å². The Morgan fingerprint density at radius 2 is 2.00 bits per heavy atom. The summed E-state index contributed by atoms with van der Waals surface area (Å²) in [6, 6.07) is 0. The van der Waals surface area contributed by atoms with Crippen LogP contribution in [0.4, 0.5) is 0 Å². The van der Waals surface area contributed by atoms with E-state index >= 15 is 0 Å². The van der Waals surface area contributed by atoms with Crippen LogP contribution in [0.5, 0.6) is 0 Å². The zero-order chi connectivity index (χ0) is 8.77. The van der Waals surface area contributed by atoms with Gasteiger partial charge in [0.05, 0.1) is 0 Å². The molecule has 0 amide bonds. The number of hydrogen-bond acceptors (Lipinski definition) is 0. The second-order valence-electron chi connectivity index (χ2n) is 3.76. The first-order chi connectivity index (χ1) is 5.61. The summed E-state index contributed by atoms with van der Waals surface area (Å²) < 4.78 is 0. The Balaban J connectivity index is 2.57. The van der Waals surface area contributed by atoms with Crippen LogP contribution in [0.3, 0.4) is 0 Å². The molecule has 0 unspecified atom stereocenters. The third-order valence-electron chi connectivity index (χ3n) is 2.33. The van der Waals surface area contributed by atoms with Gasteiger partial charge >= 0.3 is 0 Å². The summed E-state index contributed by atoms with van der Waals surface area (Å²) in [5.74, 6) is 0. The fraction of sp³-hybridized carbons (Fsp3) is 0.273. The Morgan fingerprint density at radius 1 is 1.25 bits per heavy atom. The van der Waals surface area contributed by atoms with Crippen LogP contribution in [-0.2, 0) is 0 Å². The number of hydrogen-bond donors (Lipinski definition) is 0. The molecule has 62 valence electrons. The number of rotatable bonds is 0. The number of halogens is 1. The quantitative estimate of drug-likeness (QED) is 0.532. The molecular formula is C11H11Cl. The highest BCUT2D eigenvalue weighted by atomic mass is 35.5. The summed E-state index contributed by atoms with van der Waals surface area (Å²) in [6.07, 6.45) is 10.5. The predicted molar refractivity (Wildman–Crippen MR) is 53.0 cm³/mol. The van der Waals surface area contributed by atoms with Gasteiger partial charge in [0.2, 0.25) is 0 Å². The molecule has 0 aliphatic heterocycles. The van der Waals surface area contributed by atoms with Crippen LogP contribution in [0.1, 0.15) is 13.8 Å². The van der Waals surface area contributed by atoms with Crippen LogP contribution in [0.25, 0.3) is 0 Å². The van der Waals surface area contributed by atoms with Gasteiger partial charge in [-0.05, 0) is 11.1 Å². The second kappa shape index (κ2) is 2.37. The van der Waals surface area contributed by atoms with E-state index in [0.717, 1.165) is 5.03 Å². The molecule has 12 heavy (non-hydrogen) atoms. The first-order valence-corrected chi connectivity index (χ1v) is 4.47. The molecule has 2 aliphatic carbocycles. The van der Waals surface area contributed by atoms with E-state index < -0.39 is 0 Å². The highest BCUT2D eigenvalue weighted by Crippen LogP contribution is 2.42. The molecule has 2 aliphatic rings.